The molecular weight excluding hydrogens is 291 g/mol. The third-order valence-electron chi connectivity index (χ3n) is 4.49. The van der Waals surface area contributed by atoms with Crippen molar-refractivity contribution in [1.82, 2.24) is 4.90 Å². The van der Waals surface area contributed by atoms with E-state index in [1.807, 2.05) is 31.2 Å². The first kappa shape index (κ1) is 15.7. The molecule has 0 saturated carbocycles. The second kappa shape index (κ2) is 6.50. The number of halogens is 1. The molecule has 1 heterocycles. The van der Waals surface area contributed by atoms with E-state index in [1.54, 1.807) is 17.0 Å². The zero-order chi connectivity index (χ0) is 16.4. The molecule has 23 heavy (non-hydrogen) atoms. The molecule has 1 unspecified atom stereocenters. The van der Waals surface area contributed by atoms with Gasteiger partial charge in [0.1, 0.15) is 5.82 Å². The van der Waals surface area contributed by atoms with Crippen molar-refractivity contribution in [2.75, 3.05) is 19.6 Å². The highest BCUT2D eigenvalue weighted by Gasteiger charge is 2.27. The number of likely N-dealkylation sites (tertiary alicyclic amines) is 1. The SMILES string of the molecule is Cc1ccc(-c2ccc(C(=O)N3CCC(CN)C3)c(F)c2)cc1. The molecule has 0 aliphatic carbocycles. The van der Waals surface area contributed by atoms with Gasteiger partial charge in [-0.3, -0.25) is 4.79 Å². The number of nitrogens with two attached hydrogens (primary N) is 1. The number of aryl methyl sites for hydroxylation is 1. The van der Waals surface area contributed by atoms with E-state index >= 15 is 0 Å². The van der Waals surface area contributed by atoms with Gasteiger partial charge in [0.25, 0.3) is 5.91 Å². The smallest absolute Gasteiger partial charge is 0.256 e. The molecule has 1 aliphatic heterocycles. The van der Waals surface area contributed by atoms with E-state index in [4.69, 9.17) is 5.73 Å². The van der Waals surface area contributed by atoms with Gasteiger partial charge in [0.2, 0.25) is 0 Å². The minimum atomic E-state index is -0.468. The van der Waals surface area contributed by atoms with E-state index in [1.165, 1.54) is 6.07 Å². The van der Waals surface area contributed by atoms with Crippen LogP contribution in [0.2, 0.25) is 0 Å². The van der Waals surface area contributed by atoms with Crippen LogP contribution in [0, 0.1) is 18.7 Å². The number of benzene rings is 2. The van der Waals surface area contributed by atoms with Crippen LogP contribution in [0.4, 0.5) is 4.39 Å². The molecule has 0 aromatic heterocycles. The van der Waals surface area contributed by atoms with Crippen LogP contribution >= 0.6 is 0 Å². The normalized spacial score (nSPS) is 17.5. The lowest BCUT2D eigenvalue weighted by molar-refractivity contribution is 0.0783. The summed E-state index contributed by atoms with van der Waals surface area (Å²) in [7, 11) is 0. The predicted molar refractivity (Wildman–Crippen MR) is 89.6 cm³/mol. The number of hydrogen-bond acceptors (Lipinski definition) is 2. The molecule has 3 rings (SSSR count). The topological polar surface area (TPSA) is 46.3 Å². The summed E-state index contributed by atoms with van der Waals surface area (Å²) < 4.78 is 14.4. The molecule has 120 valence electrons. The summed E-state index contributed by atoms with van der Waals surface area (Å²) in [5, 5.41) is 0. The Morgan fingerprint density at radius 3 is 2.52 bits per heavy atom. The first-order valence-corrected chi connectivity index (χ1v) is 7.94. The van der Waals surface area contributed by atoms with E-state index in [-0.39, 0.29) is 11.5 Å². The number of carbonyl (C=O) groups is 1. The summed E-state index contributed by atoms with van der Waals surface area (Å²) >= 11 is 0. The Morgan fingerprint density at radius 2 is 1.91 bits per heavy atom. The Balaban J connectivity index is 1.82. The Labute approximate surface area is 135 Å². The maximum Gasteiger partial charge on any atom is 0.256 e. The van der Waals surface area contributed by atoms with Gasteiger partial charge < -0.3 is 10.6 Å². The summed E-state index contributed by atoms with van der Waals surface area (Å²) in [6.45, 7) is 3.85. The fraction of sp³-hybridized carbons (Fsp3) is 0.316. The van der Waals surface area contributed by atoms with Gasteiger partial charge >= 0.3 is 0 Å². The van der Waals surface area contributed by atoms with Gasteiger partial charge in [-0.25, -0.2) is 4.39 Å². The summed E-state index contributed by atoms with van der Waals surface area (Å²) in [5.41, 5.74) is 8.66. The van der Waals surface area contributed by atoms with E-state index in [2.05, 4.69) is 0 Å². The molecule has 2 N–H and O–H groups in total. The Hall–Kier alpha value is -2.20. The number of hydrogen-bond donors (Lipinski definition) is 1. The monoisotopic (exact) mass is 312 g/mol. The lowest BCUT2D eigenvalue weighted by Gasteiger charge is -2.17. The molecule has 2 aromatic carbocycles. The van der Waals surface area contributed by atoms with Gasteiger partial charge in [0.15, 0.2) is 0 Å². The maximum absolute atomic E-state index is 14.4. The Morgan fingerprint density at radius 1 is 1.22 bits per heavy atom. The molecule has 2 aromatic rings. The minimum Gasteiger partial charge on any atom is -0.338 e. The van der Waals surface area contributed by atoms with Crippen molar-refractivity contribution in [3.8, 4) is 11.1 Å². The van der Waals surface area contributed by atoms with Gasteiger partial charge in [-0.15, -0.1) is 0 Å². The third kappa shape index (κ3) is 3.27. The quantitative estimate of drug-likeness (QED) is 0.946. The standard InChI is InChI=1S/C19H21FN2O/c1-13-2-4-15(5-3-13)16-6-7-17(18(20)10-16)19(23)22-9-8-14(11-21)12-22/h2-7,10,14H,8-9,11-12,21H2,1H3. The van der Waals surface area contributed by atoms with E-state index in [9.17, 15) is 9.18 Å². The fourth-order valence-electron chi connectivity index (χ4n) is 2.99. The first-order chi connectivity index (χ1) is 11.1. The largest absolute Gasteiger partial charge is 0.338 e. The third-order valence-corrected chi connectivity index (χ3v) is 4.49. The van der Waals surface area contributed by atoms with Crippen LogP contribution in [0.5, 0.6) is 0 Å². The summed E-state index contributed by atoms with van der Waals surface area (Å²) in [4.78, 5) is 14.2. The van der Waals surface area contributed by atoms with Crippen molar-refractivity contribution in [3.63, 3.8) is 0 Å². The second-order valence-electron chi connectivity index (χ2n) is 6.20. The van der Waals surface area contributed by atoms with Crippen LogP contribution in [0.3, 0.4) is 0 Å². The van der Waals surface area contributed by atoms with Crippen LogP contribution < -0.4 is 5.73 Å². The predicted octanol–water partition coefficient (Wildman–Crippen LogP) is 3.22. The summed E-state index contributed by atoms with van der Waals surface area (Å²) in [5.74, 6) is -0.382. The molecule has 0 spiro atoms. The van der Waals surface area contributed by atoms with E-state index in [0.29, 0.717) is 25.6 Å². The zero-order valence-electron chi connectivity index (χ0n) is 13.3. The van der Waals surface area contributed by atoms with Gasteiger partial charge in [0, 0.05) is 13.1 Å². The maximum atomic E-state index is 14.4. The Bertz CT molecular complexity index is 712. The molecule has 0 bridgehead atoms. The molecule has 4 heteroatoms. The van der Waals surface area contributed by atoms with Crippen LogP contribution in [-0.4, -0.2) is 30.4 Å². The molecule has 0 radical (unpaired) electrons. The van der Waals surface area contributed by atoms with Gasteiger partial charge in [-0.1, -0.05) is 35.9 Å². The lowest BCUT2D eigenvalue weighted by Crippen LogP contribution is -2.30. The lowest BCUT2D eigenvalue weighted by atomic mass is 10.0. The van der Waals surface area contributed by atoms with E-state index in [0.717, 1.165) is 23.1 Å². The average molecular weight is 312 g/mol. The molecule has 1 atom stereocenters. The van der Waals surface area contributed by atoms with Crippen molar-refractivity contribution in [2.24, 2.45) is 11.7 Å². The van der Waals surface area contributed by atoms with Crippen LogP contribution in [-0.2, 0) is 0 Å². The molecule has 1 fully saturated rings. The minimum absolute atomic E-state index is 0.138. The zero-order valence-corrected chi connectivity index (χ0v) is 13.3. The van der Waals surface area contributed by atoms with Crippen molar-refractivity contribution < 1.29 is 9.18 Å². The summed E-state index contributed by atoms with van der Waals surface area (Å²) in [6.07, 6.45) is 0.894. The highest BCUT2D eigenvalue weighted by Crippen LogP contribution is 2.24. The Kier molecular flexibility index (Phi) is 4.44. The first-order valence-electron chi connectivity index (χ1n) is 7.94. The number of rotatable bonds is 3. The average Bonchev–Trinajstić information content (AvgIpc) is 3.04. The van der Waals surface area contributed by atoms with Gasteiger partial charge in [-0.2, -0.15) is 0 Å². The highest BCUT2D eigenvalue weighted by molar-refractivity contribution is 5.95. The number of nitrogens with zero attached hydrogens (tertiary/aromatic N) is 1. The summed E-state index contributed by atoms with van der Waals surface area (Å²) in [6, 6.07) is 12.7. The second-order valence-corrected chi connectivity index (χ2v) is 6.20. The van der Waals surface area contributed by atoms with Crippen molar-refractivity contribution in [3.05, 3.63) is 59.4 Å². The van der Waals surface area contributed by atoms with Crippen molar-refractivity contribution >= 4 is 5.91 Å². The van der Waals surface area contributed by atoms with Gasteiger partial charge in [0.05, 0.1) is 5.56 Å². The van der Waals surface area contributed by atoms with Crippen LogP contribution in [0.15, 0.2) is 42.5 Å². The molecule has 1 aliphatic rings. The van der Waals surface area contributed by atoms with Gasteiger partial charge in [-0.05, 0) is 49.1 Å². The number of amides is 1. The van der Waals surface area contributed by atoms with E-state index < -0.39 is 5.82 Å². The van der Waals surface area contributed by atoms with Crippen molar-refractivity contribution in [2.45, 2.75) is 13.3 Å². The molecule has 3 nitrogen and oxygen atoms in total. The molecule has 1 amide bonds. The molecule has 1 saturated heterocycles. The van der Waals surface area contributed by atoms with Crippen molar-refractivity contribution in [1.29, 1.82) is 0 Å². The number of carbonyl (C=O) groups excluding carboxylic acids is 1. The highest BCUT2D eigenvalue weighted by atomic mass is 19.1. The van der Waals surface area contributed by atoms with Crippen LogP contribution in [0.25, 0.3) is 11.1 Å². The van der Waals surface area contributed by atoms with Crippen LogP contribution in [0.1, 0.15) is 22.3 Å². The molecular formula is C19H21FN2O. The fourth-order valence-corrected chi connectivity index (χ4v) is 2.99.